The summed E-state index contributed by atoms with van der Waals surface area (Å²) < 4.78 is 35.5. The molecule has 36 heavy (non-hydrogen) atoms. The number of hydrogen-bond donors (Lipinski definition) is 2. The number of hydrogen-bond acceptors (Lipinski definition) is 4. The second kappa shape index (κ2) is 9.52. The Labute approximate surface area is 208 Å². The van der Waals surface area contributed by atoms with E-state index in [2.05, 4.69) is 10.6 Å². The molecule has 2 aromatic carbocycles. The molecule has 3 heterocycles. The van der Waals surface area contributed by atoms with Gasteiger partial charge in [-0.3, -0.25) is 14.4 Å². The molecule has 3 fully saturated rings. The zero-order valence-corrected chi connectivity index (χ0v) is 20.0. The van der Waals surface area contributed by atoms with E-state index in [-0.39, 0.29) is 13.0 Å². The molecule has 3 aliphatic heterocycles. The van der Waals surface area contributed by atoms with Crippen molar-refractivity contribution >= 4 is 17.7 Å². The van der Waals surface area contributed by atoms with Gasteiger partial charge in [0.05, 0.1) is 25.1 Å². The van der Waals surface area contributed by atoms with E-state index in [9.17, 15) is 23.2 Å². The topological polar surface area (TPSA) is 87.7 Å². The molecule has 2 bridgehead atoms. The van der Waals surface area contributed by atoms with Crippen LogP contribution < -0.4 is 15.4 Å². The predicted octanol–water partition coefficient (Wildman–Crippen LogP) is 3.38. The Hall–Kier alpha value is -3.49. The Morgan fingerprint density at radius 3 is 2.56 bits per heavy atom. The molecule has 1 aliphatic carbocycles. The molecule has 0 radical (unpaired) electrons. The van der Waals surface area contributed by atoms with Crippen molar-refractivity contribution < 1.29 is 27.9 Å². The normalized spacial score (nSPS) is 25.9. The average Bonchev–Trinajstić information content (AvgIpc) is 2.87. The van der Waals surface area contributed by atoms with E-state index in [0.717, 1.165) is 11.1 Å². The molecule has 4 aliphatic rings. The Balaban J connectivity index is 1.33. The summed E-state index contributed by atoms with van der Waals surface area (Å²) in [6.45, 7) is 1.92. The van der Waals surface area contributed by atoms with Crippen molar-refractivity contribution in [1.82, 2.24) is 15.5 Å². The van der Waals surface area contributed by atoms with E-state index in [0.29, 0.717) is 30.8 Å². The number of halogens is 2. The summed E-state index contributed by atoms with van der Waals surface area (Å²) in [6, 6.07) is 11.7. The summed E-state index contributed by atoms with van der Waals surface area (Å²) >= 11 is 0. The lowest BCUT2D eigenvalue weighted by Gasteiger charge is -2.53. The number of fused-ring (bicyclic) bond motifs is 4. The van der Waals surface area contributed by atoms with Crippen LogP contribution in [0.15, 0.2) is 48.5 Å². The Bertz CT molecular complexity index is 1170. The summed E-state index contributed by atoms with van der Waals surface area (Å²) in [5.41, 5.74) is 2.18. The van der Waals surface area contributed by atoms with Crippen molar-refractivity contribution in [3.05, 3.63) is 65.2 Å². The van der Waals surface area contributed by atoms with E-state index in [1.807, 2.05) is 25.1 Å². The van der Waals surface area contributed by atoms with Gasteiger partial charge in [0, 0.05) is 30.0 Å². The quantitative estimate of drug-likeness (QED) is 0.663. The number of rotatable bonds is 5. The molecular formula is C27H29F2N3O4. The van der Waals surface area contributed by atoms with Crippen molar-refractivity contribution in [2.24, 2.45) is 5.92 Å². The first-order chi connectivity index (χ1) is 17.2. The largest absolute Gasteiger partial charge is 0.493 e. The predicted molar refractivity (Wildman–Crippen MR) is 128 cm³/mol. The highest BCUT2D eigenvalue weighted by atomic mass is 19.3. The SMILES string of the molecule is Cc1ccc(C(=O)NCC(=O)N2C3CCC([C@@H]2C(=O)NC2CCOc4ccccc42)C(F)(F)C3)cc1. The summed E-state index contributed by atoms with van der Waals surface area (Å²) in [5.74, 6) is -5.22. The molecule has 2 aromatic rings. The fourth-order valence-electron chi connectivity index (χ4n) is 5.67. The molecule has 4 atom stereocenters. The minimum atomic E-state index is -3.04. The number of piperidine rings is 2. The number of benzene rings is 2. The molecular weight excluding hydrogens is 468 g/mol. The number of amides is 3. The number of para-hydroxylation sites is 1. The highest BCUT2D eigenvalue weighted by molar-refractivity contribution is 5.97. The maximum Gasteiger partial charge on any atom is 0.255 e. The number of nitrogens with one attached hydrogen (secondary N) is 2. The molecule has 9 heteroatoms. The minimum Gasteiger partial charge on any atom is -0.493 e. The van der Waals surface area contributed by atoms with Gasteiger partial charge in [-0.15, -0.1) is 0 Å². The van der Waals surface area contributed by atoms with Gasteiger partial charge in [-0.2, -0.15) is 0 Å². The van der Waals surface area contributed by atoms with Crippen molar-refractivity contribution in [2.45, 2.75) is 56.7 Å². The fourth-order valence-corrected chi connectivity index (χ4v) is 5.67. The second-order valence-corrected chi connectivity index (χ2v) is 9.83. The standard InChI is InChI=1S/C27H29F2N3O4/c1-16-6-8-17(9-7-16)25(34)30-15-23(33)32-18-10-11-20(27(28,29)14-18)24(32)26(35)31-21-12-13-36-22-5-3-2-4-19(21)22/h2-9,18,20-21,24H,10-15H2,1H3,(H,30,34)(H,31,35)/t18?,20?,21?,24-/m1/s1. The van der Waals surface area contributed by atoms with E-state index >= 15 is 0 Å². The van der Waals surface area contributed by atoms with Gasteiger partial charge in [0.15, 0.2) is 0 Å². The summed E-state index contributed by atoms with van der Waals surface area (Å²) in [5, 5.41) is 5.50. The van der Waals surface area contributed by atoms with Gasteiger partial charge in [0.2, 0.25) is 11.8 Å². The number of alkyl halides is 2. The van der Waals surface area contributed by atoms with Crippen molar-refractivity contribution in [2.75, 3.05) is 13.2 Å². The Morgan fingerprint density at radius 1 is 1.06 bits per heavy atom. The van der Waals surface area contributed by atoms with Crippen LogP contribution in [-0.4, -0.2) is 53.8 Å². The van der Waals surface area contributed by atoms with Gasteiger partial charge >= 0.3 is 0 Å². The number of nitrogens with zero attached hydrogens (tertiary/aromatic N) is 1. The zero-order chi connectivity index (χ0) is 25.4. The summed E-state index contributed by atoms with van der Waals surface area (Å²) in [4.78, 5) is 40.6. The molecule has 0 spiro atoms. The van der Waals surface area contributed by atoms with Gasteiger partial charge < -0.3 is 20.3 Å². The molecule has 190 valence electrons. The number of carbonyl (C=O) groups is 3. The Morgan fingerprint density at radius 2 is 1.81 bits per heavy atom. The minimum absolute atomic E-state index is 0.166. The molecule has 2 N–H and O–H groups in total. The summed E-state index contributed by atoms with van der Waals surface area (Å²) in [7, 11) is 0. The van der Waals surface area contributed by atoms with Gasteiger partial charge in [-0.25, -0.2) is 8.78 Å². The van der Waals surface area contributed by atoms with Crippen LogP contribution in [0.25, 0.3) is 0 Å². The first kappa shape index (κ1) is 24.2. The van der Waals surface area contributed by atoms with Gasteiger partial charge in [0.1, 0.15) is 11.8 Å². The van der Waals surface area contributed by atoms with Crippen LogP contribution >= 0.6 is 0 Å². The van der Waals surface area contributed by atoms with E-state index in [1.165, 1.54) is 4.90 Å². The van der Waals surface area contributed by atoms with Crippen LogP contribution in [0.3, 0.4) is 0 Å². The van der Waals surface area contributed by atoms with Crippen LogP contribution in [0.2, 0.25) is 0 Å². The average molecular weight is 498 g/mol. The molecule has 7 nitrogen and oxygen atoms in total. The van der Waals surface area contributed by atoms with Crippen molar-refractivity contribution in [3.63, 3.8) is 0 Å². The number of aryl methyl sites for hydroxylation is 1. The third-order valence-corrected chi connectivity index (χ3v) is 7.48. The third-order valence-electron chi connectivity index (χ3n) is 7.48. The lowest BCUT2D eigenvalue weighted by atomic mass is 9.71. The van der Waals surface area contributed by atoms with E-state index < -0.39 is 54.1 Å². The lowest BCUT2D eigenvalue weighted by Crippen LogP contribution is -2.69. The highest BCUT2D eigenvalue weighted by Crippen LogP contribution is 2.49. The molecule has 3 amide bonds. The third kappa shape index (κ3) is 4.54. The van der Waals surface area contributed by atoms with Crippen LogP contribution in [0.5, 0.6) is 5.75 Å². The van der Waals surface area contributed by atoms with Crippen LogP contribution in [-0.2, 0) is 9.59 Å². The second-order valence-electron chi connectivity index (χ2n) is 9.83. The van der Waals surface area contributed by atoms with Crippen molar-refractivity contribution in [3.8, 4) is 5.75 Å². The molecule has 1 saturated carbocycles. The van der Waals surface area contributed by atoms with Gasteiger partial charge in [-0.1, -0.05) is 35.9 Å². The molecule has 3 unspecified atom stereocenters. The van der Waals surface area contributed by atoms with Crippen LogP contribution in [0.4, 0.5) is 8.78 Å². The molecule has 6 rings (SSSR count). The first-order valence-electron chi connectivity index (χ1n) is 12.3. The number of carbonyl (C=O) groups excluding carboxylic acids is 3. The smallest absolute Gasteiger partial charge is 0.255 e. The highest BCUT2D eigenvalue weighted by Gasteiger charge is 2.60. The van der Waals surface area contributed by atoms with Crippen LogP contribution in [0.1, 0.15) is 53.2 Å². The zero-order valence-electron chi connectivity index (χ0n) is 20.0. The molecule has 0 aromatic heterocycles. The lowest BCUT2D eigenvalue weighted by molar-refractivity contribution is -0.193. The fraction of sp³-hybridized carbons (Fsp3) is 0.444. The van der Waals surface area contributed by atoms with E-state index in [4.69, 9.17) is 4.74 Å². The monoisotopic (exact) mass is 497 g/mol. The van der Waals surface area contributed by atoms with Gasteiger partial charge in [0.25, 0.3) is 11.8 Å². The van der Waals surface area contributed by atoms with Gasteiger partial charge in [-0.05, 0) is 38.0 Å². The molecule has 2 saturated heterocycles. The first-order valence-corrected chi connectivity index (χ1v) is 12.3. The van der Waals surface area contributed by atoms with Crippen molar-refractivity contribution in [1.29, 1.82) is 0 Å². The maximum absolute atomic E-state index is 14.9. The van der Waals surface area contributed by atoms with Crippen LogP contribution in [0, 0.1) is 12.8 Å². The summed E-state index contributed by atoms with van der Waals surface area (Å²) in [6.07, 6.45) is 0.598. The maximum atomic E-state index is 14.9. The Kier molecular flexibility index (Phi) is 6.40. The number of ether oxygens (including phenoxy) is 1. The van der Waals surface area contributed by atoms with E-state index in [1.54, 1.807) is 30.3 Å².